The number of halogens is 2. The summed E-state index contributed by atoms with van der Waals surface area (Å²) in [6.07, 6.45) is 7.20. The van der Waals surface area contributed by atoms with Crippen LogP contribution in [0.4, 0.5) is 10.1 Å². The van der Waals surface area contributed by atoms with Gasteiger partial charge in [-0.2, -0.15) is 0 Å². The second-order valence-electron chi connectivity index (χ2n) is 6.89. The number of esters is 1. The Morgan fingerprint density at radius 1 is 1.26 bits per heavy atom. The smallest absolute Gasteiger partial charge is 0.354 e. The van der Waals surface area contributed by atoms with E-state index in [9.17, 15) is 4.79 Å². The highest BCUT2D eigenvalue weighted by Crippen LogP contribution is 2.34. The van der Waals surface area contributed by atoms with Crippen molar-refractivity contribution in [1.29, 1.82) is 0 Å². The number of aryl methyl sites for hydroxylation is 1. The van der Waals surface area contributed by atoms with E-state index in [-0.39, 0.29) is 24.2 Å². The molecule has 0 bridgehead atoms. The van der Waals surface area contributed by atoms with Gasteiger partial charge in [-0.1, -0.05) is 50.3 Å². The highest BCUT2D eigenvalue weighted by atomic mass is 35.5. The van der Waals surface area contributed by atoms with Crippen molar-refractivity contribution in [3.63, 3.8) is 0 Å². The second kappa shape index (κ2) is 10.6. The third-order valence-corrected chi connectivity index (χ3v) is 5.48. The number of carbonyl (C=O) groups excluding carboxylic acids is 1. The Morgan fingerprint density at radius 3 is 2.48 bits per heavy atom. The van der Waals surface area contributed by atoms with Gasteiger partial charge in [0.05, 0.1) is 23.9 Å². The molecule has 0 atom stereocenters. The van der Waals surface area contributed by atoms with Crippen LogP contribution in [0.1, 0.15) is 57.9 Å². The molecule has 0 radical (unpaired) electrons. The molecule has 4 nitrogen and oxygen atoms in total. The van der Waals surface area contributed by atoms with Crippen LogP contribution in [0, 0.1) is 5.82 Å². The van der Waals surface area contributed by atoms with Gasteiger partial charge in [0.15, 0.2) is 5.82 Å². The number of hydrogen-bond donors (Lipinski definition) is 0. The van der Waals surface area contributed by atoms with Crippen LogP contribution in [0.2, 0.25) is 5.02 Å². The predicted octanol–water partition coefficient (Wildman–Crippen LogP) is 5.20. The standard InChI is InChI=1S/C21H30ClFN2O2/c1-4-15-12-13-17(22)19(23)20(15)25(16-10-8-6-7-9-11-16)14-18(24-3)21(26)27-5-2/h12-13,16H,4-11,14H2,1-3H3. The van der Waals surface area contributed by atoms with Crippen molar-refractivity contribution in [3.8, 4) is 0 Å². The molecule has 0 aliphatic heterocycles. The summed E-state index contributed by atoms with van der Waals surface area (Å²) in [4.78, 5) is 18.4. The van der Waals surface area contributed by atoms with E-state index in [1.165, 1.54) is 12.8 Å². The van der Waals surface area contributed by atoms with Crippen molar-refractivity contribution in [2.24, 2.45) is 4.99 Å². The van der Waals surface area contributed by atoms with E-state index in [2.05, 4.69) is 4.99 Å². The fourth-order valence-corrected chi connectivity index (χ4v) is 3.89. The summed E-state index contributed by atoms with van der Waals surface area (Å²) in [7, 11) is 1.58. The third-order valence-electron chi connectivity index (χ3n) is 5.19. The van der Waals surface area contributed by atoms with E-state index in [1.807, 2.05) is 17.9 Å². The van der Waals surface area contributed by atoms with Gasteiger partial charge in [-0.05, 0) is 37.8 Å². The minimum absolute atomic E-state index is 0.104. The van der Waals surface area contributed by atoms with E-state index < -0.39 is 11.8 Å². The first-order valence-electron chi connectivity index (χ1n) is 9.89. The van der Waals surface area contributed by atoms with Crippen LogP contribution >= 0.6 is 11.6 Å². The fraction of sp³-hybridized carbons (Fsp3) is 0.619. The molecule has 27 heavy (non-hydrogen) atoms. The number of hydrogen-bond acceptors (Lipinski definition) is 4. The zero-order valence-electron chi connectivity index (χ0n) is 16.6. The van der Waals surface area contributed by atoms with Gasteiger partial charge in [0.2, 0.25) is 0 Å². The zero-order valence-corrected chi connectivity index (χ0v) is 17.3. The Bertz CT molecular complexity index is 670. The Kier molecular flexibility index (Phi) is 8.55. The number of benzene rings is 1. The highest BCUT2D eigenvalue weighted by Gasteiger charge is 2.28. The molecule has 1 aromatic carbocycles. The Hall–Kier alpha value is -1.62. The maximum Gasteiger partial charge on any atom is 0.354 e. The summed E-state index contributed by atoms with van der Waals surface area (Å²) in [6.45, 7) is 4.27. The first-order valence-corrected chi connectivity index (χ1v) is 10.3. The van der Waals surface area contributed by atoms with Crippen LogP contribution in [0.5, 0.6) is 0 Å². The number of nitrogens with zero attached hydrogens (tertiary/aromatic N) is 2. The maximum absolute atomic E-state index is 15.1. The second-order valence-corrected chi connectivity index (χ2v) is 7.29. The van der Waals surface area contributed by atoms with Crippen molar-refractivity contribution in [3.05, 3.63) is 28.5 Å². The van der Waals surface area contributed by atoms with Crippen molar-refractivity contribution in [2.75, 3.05) is 25.1 Å². The van der Waals surface area contributed by atoms with Crippen LogP contribution in [0.25, 0.3) is 0 Å². The van der Waals surface area contributed by atoms with Gasteiger partial charge in [0, 0.05) is 13.1 Å². The molecule has 1 fully saturated rings. The highest BCUT2D eigenvalue weighted by molar-refractivity contribution is 6.38. The van der Waals surface area contributed by atoms with Gasteiger partial charge in [-0.15, -0.1) is 0 Å². The first kappa shape index (κ1) is 21.7. The maximum atomic E-state index is 15.1. The Balaban J connectivity index is 2.47. The first-order chi connectivity index (χ1) is 13.0. The molecule has 150 valence electrons. The molecule has 0 amide bonds. The summed E-state index contributed by atoms with van der Waals surface area (Å²) < 4.78 is 20.3. The number of carbonyl (C=O) groups is 1. The zero-order chi connectivity index (χ0) is 19.8. The summed E-state index contributed by atoms with van der Waals surface area (Å²) >= 11 is 6.12. The van der Waals surface area contributed by atoms with E-state index in [0.29, 0.717) is 17.8 Å². The molecule has 1 saturated carbocycles. The fourth-order valence-electron chi connectivity index (χ4n) is 3.74. The average molecular weight is 397 g/mol. The summed E-state index contributed by atoms with van der Waals surface area (Å²) in [5.74, 6) is -0.862. The lowest BCUT2D eigenvalue weighted by atomic mass is 10.0. The molecule has 1 aliphatic rings. The van der Waals surface area contributed by atoms with Crippen molar-refractivity contribution in [2.45, 2.75) is 64.8 Å². The minimum Gasteiger partial charge on any atom is -0.461 e. The van der Waals surface area contributed by atoms with Crippen LogP contribution in [0.3, 0.4) is 0 Å². The summed E-state index contributed by atoms with van der Waals surface area (Å²) in [5, 5.41) is 0.104. The van der Waals surface area contributed by atoms with E-state index >= 15 is 4.39 Å². The summed E-state index contributed by atoms with van der Waals surface area (Å²) in [5.41, 5.74) is 1.70. The third kappa shape index (κ3) is 5.44. The molecule has 0 N–H and O–H groups in total. The number of anilines is 1. The quantitative estimate of drug-likeness (QED) is 0.361. The van der Waals surface area contributed by atoms with E-state index in [1.54, 1.807) is 20.0 Å². The number of ether oxygens (including phenoxy) is 1. The Morgan fingerprint density at radius 2 is 1.93 bits per heavy atom. The van der Waals surface area contributed by atoms with E-state index in [0.717, 1.165) is 31.2 Å². The normalized spacial score (nSPS) is 16.1. The molecule has 2 rings (SSSR count). The van der Waals surface area contributed by atoms with Crippen LogP contribution in [0.15, 0.2) is 17.1 Å². The minimum atomic E-state index is -0.445. The molecule has 1 aromatic rings. The van der Waals surface area contributed by atoms with Gasteiger partial charge in [-0.25, -0.2) is 9.18 Å². The molecular weight excluding hydrogens is 367 g/mol. The molecule has 1 aliphatic carbocycles. The van der Waals surface area contributed by atoms with Crippen LogP contribution in [-0.2, 0) is 16.0 Å². The molecule has 0 aromatic heterocycles. The lowest BCUT2D eigenvalue weighted by Crippen LogP contribution is -2.42. The molecular formula is C21H30ClFN2O2. The van der Waals surface area contributed by atoms with Crippen LogP contribution < -0.4 is 4.90 Å². The van der Waals surface area contributed by atoms with Crippen molar-refractivity contribution in [1.82, 2.24) is 0 Å². The SMILES string of the molecule is CCOC(=O)C(CN(c1c(CC)ccc(Cl)c1F)C1CCCCCC1)=NC. The average Bonchev–Trinajstić information content (AvgIpc) is 2.95. The Labute approximate surface area is 166 Å². The van der Waals surface area contributed by atoms with Crippen molar-refractivity contribution < 1.29 is 13.9 Å². The molecule has 0 spiro atoms. The molecule has 0 heterocycles. The predicted molar refractivity (Wildman–Crippen MR) is 110 cm³/mol. The van der Waals surface area contributed by atoms with Gasteiger partial charge in [0.1, 0.15) is 5.71 Å². The lowest BCUT2D eigenvalue weighted by molar-refractivity contribution is -0.135. The largest absolute Gasteiger partial charge is 0.461 e. The van der Waals surface area contributed by atoms with Crippen LogP contribution in [-0.4, -0.2) is 37.9 Å². The molecule has 0 saturated heterocycles. The monoisotopic (exact) mass is 396 g/mol. The molecule has 0 unspecified atom stereocenters. The van der Waals surface area contributed by atoms with Gasteiger partial charge >= 0.3 is 5.97 Å². The van der Waals surface area contributed by atoms with Gasteiger partial charge < -0.3 is 9.64 Å². The number of rotatable bonds is 7. The topological polar surface area (TPSA) is 41.9 Å². The van der Waals surface area contributed by atoms with Gasteiger partial charge in [-0.3, -0.25) is 4.99 Å². The summed E-state index contributed by atoms with van der Waals surface area (Å²) in [6, 6.07) is 3.62. The van der Waals surface area contributed by atoms with Gasteiger partial charge in [0.25, 0.3) is 0 Å². The molecule has 6 heteroatoms. The lowest BCUT2D eigenvalue weighted by Gasteiger charge is -2.35. The van der Waals surface area contributed by atoms with E-state index in [4.69, 9.17) is 16.3 Å². The van der Waals surface area contributed by atoms with Crippen molar-refractivity contribution >= 4 is 29.0 Å². The number of aliphatic imine (C=N–C) groups is 1.